The molecule has 0 saturated carbocycles. The van der Waals surface area contributed by atoms with Gasteiger partial charge in [0.15, 0.2) is 0 Å². The third-order valence-electron chi connectivity index (χ3n) is 1.26. The summed E-state index contributed by atoms with van der Waals surface area (Å²) < 4.78 is 7.79. The number of aromatic nitrogens is 1. The van der Waals surface area contributed by atoms with E-state index in [1.54, 1.807) is 4.74 Å². The first kappa shape index (κ1) is 7.54. The highest BCUT2D eigenvalue weighted by molar-refractivity contribution is 7.71. The lowest BCUT2D eigenvalue weighted by molar-refractivity contribution is 0.225. The van der Waals surface area contributed by atoms with Crippen molar-refractivity contribution < 1.29 is 4.52 Å². The summed E-state index contributed by atoms with van der Waals surface area (Å²) in [6.07, 6.45) is 0. The van der Waals surface area contributed by atoms with Crippen LogP contribution < -0.4 is 0 Å². The zero-order valence-electron chi connectivity index (χ0n) is 6.42. The maximum atomic E-state index is 5.29. The van der Waals surface area contributed by atoms with E-state index >= 15 is 0 Å². The molecule has 1 aromatic rings. The van der Waals surface area contributed by atoms with Gasteiger partial charge in [-0.25, -0.2) is 0 Å². The van der Waals surface area contributed by atoms with Gasteiger partial charge in [-0.3, -0.25) is 0 Å². The smallest absolute Gasteiger partial charge is 0.141 e. The van der Waals surface area contributed by atoms with Crippen LogP contribution >= 0.6 is 12.2 Å². The minimum atomic E-state index is 0.321. The molecule has 0 radical (unpaired) electrons. The van der Waals surface area contributed by atoms with Crippen molar-refractivity contribution in [3.63, 3.8) is 0 Å². The number of nitrogens with zero attached hydrogens (tertiary/aromatic N) is 1. The van der Waals surface area contributed by atoms with Crippen LogP contribution in [-0.4, -0.2) is 4.74 Å². The van der Waals surface area contributed by atoms with Crippen molar-refractivity contribution >= 4 is 12.2 Å². The van der Waals surface area contributed by atoms with Gasteiger partial charge in [-0.1, -0.05) is 12.2 Å². The van der Waals surface area contributed by atoms with Gasteiger partial charge in [0, 0.05) is 6.07 Å². The molecule has 0 saturated heterocycles. The molecule has 0 N–H and O–H groups in total. The fourth-order valence-corrected chi connectivity index (χ4v) is 1.24. The molecule has 0 aromatic carbocycles. The van der Waals surface area contributed by atoms with Crippen LogP contribution in [0.4, 0.5) is 0 Å². The number of hydrogen-bond donors (Lipinski definition) is 0. The van der Waals surface area contributed by atoms with Crippen molar-refractivity contribution in [3.8, 4) is 0 Å². The highest BCUT2D eigenvalue weighted by Gasteiger charge is 2.01. The average molecular weight is 157 g/mol. The predicted molar refractivity (Wildman–Crippen MR) is 42.7 cm³/mol. The van der Waals surface area contributed by atoms with E-state index in [0.717, 1.165) is 10.4 Å². The number of hydrogen-bond acceptors (Lipinski definition) is 2. The van der Waals surface area contributed by atoms with Crippen molar-refractivity contribution in [1.29, 1.82) is 0 Å². The molecule has 1 aromatic heterocycles. The Kier molecular flexibility index (Phi) is 1.94. The average Bonchev–Trinajstić information content (AvgIpc) is 2.10. The molecule has 0 fully saturated rings. The van der Waals surface area contributed by atoms with Crippen molar-refractivity contribution in [2.24, 2.45) is 0 Å². The zero-order valence-corrected chi connectivity index (χ0v) is 7.23. The Hall–Kier alpha value is -0.570. The van der Waals surface area contributed by atoms with Crippen molar-refractivity contribution in [2.75, 3.05) is 0 Å². The molecular weight excluding hydrogens is 146 g/mol. The van der Waals surface area contributed by atoms with Crippen LogP contribution in [0.2, 0.25) is 0 Å². The third-order valence-corrected chi connectivity index (χ3v) is 1.55. The van der Waals surface area contributed by atoms with Gasteiger partial charge < -0.3 is 4.52 Å². The summed E-state index contributed by atoms with van der Waals surface area (Å²) in [6.45, 7) is 5.98. The highest BCUT2D eigenvalue weighted by Crippen LogP contribution is 2.09. The van der Waals surface area contributed by atoms with Crippen LogP contribution in [-0.2, 0) is 0 Å². The second kappa shape index (κ2) is 2.58. The Morgan fingerprint density at radius 1 is 1.60 bits per heavy atom. The van der Waals surface area contributed by atoms with Crippen LogP contribution in [0.25, 0.3) is 0 Å². The Balaban J connectivity index is 3.16. The minimum Gasteiger partial charge on any atom is -0.383 e. The Bertz CT molecular complexity index is 271. The van der Waals surface area contributed by atoms with Gasteiger partial charge >= 0.3 is 0 Å². The second-order valence-electron chi connectivity index (χ2n) is 2.60. The van der Waals surface area contributed by atoms with Gasteiger partial charge in [-0.2, -0.15) is 4.74 Å². The summed E-state index contributed by atoms with van der Waals surface area (Å²) in [6, 6.07) is 2.18. The van der Waals surface area contributed by atoms with Crippen molar-refractivity contribution in [1.82, 2.24) is 4.74 Å². The summed E-state index contributed by atoms with van der Waals surface area (Å²) in [4.78, 5) is 0. The van der Waals surface area contributed by atoms with Gasteiger partial charge in [0.2, 0.25) is 0 Å². The summed E-state index contributed by atoms with van der Waals surface area (Å²) in [5.41, 5.74) is 0. The monoisotopic (exact) mass is 157 g/mol. The van der Waals surface area contributed by atoms with E-state index < -0.39 is 0 Å². The molecule has 0 spiro atoms. The first-order chi connectivity index (χ1) is 4.61. The van der Waals surface area contributed by atoms with Gasteiger partial charge in [-0.15, -0.1) is 0 Å². The second-order valence-corrected chi connectivity index (χ2v) is 3.02. The molecule has 3 heteroatoms. The number of rotatable bonds is 1. The summed E-state index contributed by atoms with van der Waals surface area (Å²) >= 11 is 5.02. The molecule has 10 heavy (non-hydrogen) atoms. The molecule has 56 valence electrons. The van der Waals surface area contributed by atoms with Crippen LogP contribution in [0.3, 0.4) is 0 Å². The lowest BCUT2D eigenvalue weighted by Gasteiger charge is -2.02. The summed E-state index contributed by atoms with van der Waals surface area (Å²) in [5.74, 6) is 0.874. The molecule has 1 rings (SSSR count). The molecule has 0 atom stereocenters. The van der Waals surface area contributed by atoms with Crippen LogP contribution in [0.1, 0.15) is 25.6 Å². The topological polar surface area (TPSA) is 18.1 Å². The molecule has 0 amide bonds. The lowest BCUT2D eigenvalue weighted by atomic mass is 10.4. The van der Waals surface area contributed by atoms with E-state index in [4.69, 9.17) is 16.7 Å². The van der Waals surface area contributed by atoms with E-state index in [2.05, 4.69) is 0 Å². The minimum absolute atomic E-state index is 0.321. The van der Waals surface area contributed by atoms with E-state index in [9.17, 15) is 0 Å². The van der Waals surface area contributed by atoms with E-state index in [0.29, 0.717) is 6.04 Å². The molecule has 0 aliphatic rings. The standard InChI is InChI=1S/C7H11NOS/c1-5(2)8-7(10)4-6(3)9-8/h4-5H,1-3H3. The van der Waals surface area contributed by atoms with Crippen LogP contribution in [0.15, 0.2) is 10.6 Å². The Morgan fingerprint density at radius 3 is 2.40 bits per heavy atom. The molecule has 0 aliphatic heterocycles. The zero-order chi connectivity index (χ0) is 7.72. The summed E-state index contributed by atoms with van der Waals surface area (Å²) in [5, 5.41) is 0. The fourth-order valence-electron chi connectivity index (χ4n) is 0.824. The van der Waals surface area contributed by atoms with Gasteiger partial charge in [-0.05, 0) is 20.8 Å². The van der Waals surface area contributed by atoms with Crippen molar-refractivity contribution in [2.45, 2.75) is 26.8 Å². The van der Waals surface area contributed by atoms with Gasteiger partial charge in [0.25, 0.3) is 0 Å². The quantitative estimate of drug-likeness (QED) is 0.583. The predicted octanol–water partition coefficient (Wildman–Crippen LogP) is 2.70. The molecular formula is C7H11NOS. The molecule has 0 bridgehead atoms. The van der Waals surface area contributed by atoms with Gasteiger partial charge in [0.05, 0.1) is 6.04 Å². The van der Waals surface area contributed by atoms with Crippen molar-refractivity contribution in [3.05, 3.63) is 16.5 Å². The van der Waals surface area contributed by atoms with E-state index in [1.807, 2.05) is 26.8 Å². The normalized spacial score (nSPS) is 10.8. The highest BCUT2D eigenvalue weighted by atomic mass is 32.1. The summed E-state index contributed by atoms with van der Waals surface area (Å²) in [7, 11) is 0. The van der Waals surface area contributed by atoms with Crippen LogP contribution in [0, 0.1) is 11.6 Å². The van der Waals surface area contributed by atoms with Crippen LogP contribution in [0.5, 0.6) is 0 Å². The number of aryl methyl sites for hydroxylation is 1. The fraction of sp³-hybridized carbons (Fsp3) is 0.571. The van der Waals surface area contributed by atoms with E-state index in [-0.39, 0.29) is 0 Å². The molecule has 2 nitrogen and oxygen atoms in total. The first-order valence-electron chi connectivity index (χ1n) is 3.30. The Morgan fingerprint density at radius 2 is 2.20 bits per heavy atom. The third kappa shape index (κ3) is 1.29. The molecule has 0 aliphatic carbocycles. The maximum absolute atomic E-state index is 5.29. The van der Waals surface area contributed by atoms with Gasteiger partial charge in [0.1, 0.15) is 10.4 Å². The largest absolute Gasteiger partial charge is 0.383 e. The van der Waals surface area contributed by atoms with E-state index in [1.165, 1.54) is 0 Å². The Labute approximate surface area is 65.4 Å². The first-order valence-corrected chi connectivity index (χ1v) is 3.71. The SMILES string of the molecule is Cc1cc(=S)n(C(C)C)o1. The lowest BCUT2D eigenvalue weighted by Crippen LogP contribution is -1.97. The molecule has 1 heterocycles. The molecule has 0 unspecified atom stereocenters. The maximum Gasteiger partial charge on any atom is 0.141 e.